The number of nitrogens with one attached hydrogen (secondary N) is 2. The van der Waals surface area contributed by atoms with Crippen LogP contribution in [0.25, 0.3) is 0 Å². The number of amides is 1. The molecule has 162 valence electrons. The fourth-order valence-corrected chi connectivity index (χ4v) is 5.34. The first-order chi connectivity index (χ1) is 14.8. The topological polar surface area (TPSA) is 41.1 Å². The van der Waals surface area contributed by atoms with Crippen LogP contribution in [0.5, 0.6) is 0 Å². The summed E-state index contributed by atoms with van der Waals surface area (Å²) in [5.74, 6) is 0.285. The third kappa shape index (κ3) is 4.58. The van der Waals surface area contributed by atoms with E-state index in [9.17, 15) is 9.18 Å². The zero-order valence-electron chi connectivity index (χ0n) is 18.5. The summed E-state index contributed by atoms with van der Waals surface area (Å²) < 4.78 is 13.2. The van der Waals surface area contributed by atoms with E-state index in [4.69, 9.17) is 0 Å². The third-order valence-corrected chi connectivity index (χ3v) is 7.03. The summed E-state index contributed by atoms with van der Waals surface area (Å²) in [6, 6.07) is 16.8. The van der Waals surface area contributed by atoms with Crippen molar-refractivity contribution in [2.75, 3.05) is 5.32 Å². The van der Waals surface area contributed by atoms with Crippen LogP contribution in [0.3, 0.4) is 0 Å². The van der Waals surface area contributed by atoms with E-state index in [1.807, 2.05) is 18.2 Å². The predicted octanol–water partition coefficient (Wildman–Crippen LogP) is 6.53. The van der Waals surface area contributed by atoms with Crippen molar-refractivity contribution in [3.05, 3.63) is 88.9 Å². The van der Waals surface area contributed by atoms with E-state index in [1.54, 1.807) is 19.1 Å². The van der Waals surface area contributed by atoms with Crippen molar-refractivity contribution in [2.24, 2.45) is 11.3 Å². The molecule has 2 aromatic carbocycles. The highest BCUT2D eigenvalue weighted by Crippen LogP contribution is 2.56. The first-order valence-electron chi connectivity index (χ1n) is 11.1. The minimum absolute atomic E-state index is 0.0123. The molecule has 0 saturated heterocycles. The summed E-state index contributed by atoms with van der Waals surface area (Å²) in [6.45, 7) is 6.16. The monoisotopic (exact) mass is 418 g/mol. The molecule has 0 heterocycles. The highest BCUT2D eigenvalue weighted by Gasteiger charge is 2.45. The lowest BCUT2D eigenvalue weighted by atomic mass is 9.68. The molecule has 4 rings (SSSR count). The third-order valence-electron chi connectivity index (χ3n) is 7.03. The average molecular weight is 419 g/mol. The lowest BCUT2D eigenvalue weighted by molar-refractivity contribution is -0.119. The second kappa shape index (κ2) is 8.70. The highest BCUT2D eigenvalue weighted by molar-refractivity contribution is 5.73. The van der Waals surface area contributed by atoms with Crippen molar-refractivity contribution in [2.45, 2.75) is 52.5 Å². The number of halogens is 1. The predicted molar refractivity (Wildman–Crippen MR) is 124 cm³/mol. The second-order valence-corrected chi connectivity index (χ2v) is 9.22. The molecule has 2 N–H and O–H groups in total. The number of hydrogen-bond donors (Lipinski definition) is 2. The Hall–Kier alpha value is -2.88. The van der Waals surface area contributed by atoms with Crippen molar-refractivity contribution < 1.29 is 9.18 Å². The molecule has 2 aromatic rings. The summed E-state index contributed by atoms with van der Waals surface area (Å²) in [4.78, 5) is 11.9. The molecule has 0 spiro atoms. The molecule has 1 unspecified atom stereocenters. The normalized spacial score (nSPS) is 23.7. The molecule has 0 bridgehead atoms. The van der Waals surface area contributed by atoms with E-state index in [1.165, 1.54) is 28.8 Å². The lowest BCUT2D eigenvalue weighted by Gasteiger charge is -2.39. The number of benzene rings is 2. The Morgan fingerprint density at radius 2 is 1.87 bits per heavy atom. The Labute approximate surface area is 184 Å². The van der Waals surface area contributed by atoms with E-state index in [0.717, 1.165) is 37.1 Å². The number of rotatable bonds is 6. The molecule has 0 radical (unpaired) electrons. The number of carbonyl (C=O) groups is 1. The minimum Gasteiger partial charge on any atom is -0.356 e. The summed E-state index contributed by atoms with van der Waals surface area (Å²) >= 11 is 0. The molecular formula is C27H31FN2O. The van der Waals surface area contributed by atoms with E-state index < -0.39 is 0 Å². The Balaban J connectivity index is 1.53. The maximum absolute atomic E-state index is 13.2. The zero-order chi connectivity index (χ0) is 22.0. The summed E-state index contributed by atoms with van der Waals surface area (Å²) in [5.41, 5.74) is 6.09. The van der Waals surface area contributed by atoms with Gasteiger partial charge in [0.05, 0.1) is 6.04 Å². The van der Waals surface area contributed by atoms with Crippen LogP contribution in [-0.2, 0) is 4.79 Å². The van der Waals surface area contributed by atoms with Crippen LogP contribution in [0.4, 0.5) is 10.1 Å². The van der Waals surface area contributed by atoms with Crippen molar-refractivity contribution in [1.82, 2.24) is 5.32 Å². The van der Waals surface area contributed by atoms with Gasteiger partial charge in [-0.25, -0.2) is 4.39 Å². The molecule has 1 saturated carbocycles. The number of carbonyl (C=O) groups excluding carboxylic acids is 1. The molecule has 3 nitrogen and oxygen atoms in total. The number of anilines is 1. The maximum Gasteiger partial charge on any atom is 0.217 e. The van der Waals surface area contributed by atoms with E-state index in [0.29, 0.717) is 5.92 Å². The van der Waals surface area contributed by atoms with Crippen LogP contribution in [0.2, 0.25) is 0 Å². The Morgan fingerprint density at radius 3 is 2.55 bits per heavy atom. The largest absolute Gasteiger partial charge is 0.356 e. The number of fused-ring (bicyclic) bond motifs is 1. The van der Waals surface area contributed by atoms with Gasteiger partial charge in [0.2, 0.25) is 5.91 Å². The molecule has 2 aliphatic rings. The number of hydrogen-bond acceptors (Lipinski definition) is 2. The summed E-state index contributed by atoms with van der Waals surface area (Å²) in [6.07, 6.45) is 6.44. The van der Waals surface area contributed by atoms with Crippen LogP contribution < -0.4 is 10.6 Å². The molecule has 0 aromatic heterocycles. The van der Waals surface area contributed by atoms with Gasteiger partial charge in [-0.3, -0.25) is 4.79 Å². The fraction of sp³-hybridized carbons (Fsp3) is 0.370. The van der Waals surface area contributed by atoms with E-state index in [-0.39, 0.29) is 23.2 Å². The van der Waals surface area contributed by atoms with Crippen LogP contribution in [0.1, 0.15) is 58.1 Å². The smallest absolute Gasteiger partial charge is 0.217 e. The molecule has 1 amide bonds. The minimum atomic E-state index is -0.225. The molecule has 31 heavy (non-hydrogen) atoms. The first-order valence-corrected chi connectivity index (χ1v) is 11.1. The molecule has 2 aliphatic carbocycles. The fourth-order valence-electron chi connectivity index (χ4n) is 5.34. The molecule has 4 heteroatoms. The lowest BCUT2D eigenvalue weighted by Crippen LogP contribution is -2.33. The van der Waals surface area contributed by atoms with Crippen LogP contribution in [0, 0.1) is 17.2 Å². The quantitative estimate of drug-likeness (QED) is 0.560. The second-order valence-electron chi connectivity index (χ2n) is 9.22. The van der Waals surface area contributed by atoms with Crippen molar-refractivity contribution in [1.29, 1.82) is 0 Å². The van der Waals surface area contributed by atoms with E-state index >= 15 is 0 Å². The Bertz CT molecular complexity index is 1010. The van der Waals surface area contributed by atoms with E-state index in [2.05, 4.69) is 42.7 Å². The standard InChI is InChI=1S/C27H31FN2O/c1-18-17-27(3)21(15-25(18)30-24-13-11-23(28)12-14-24)9-10-22(27)16-26(29-19(2)31)20-7-5-4-6-8-20/h4-8,11-15,22,26,30H,9-10,16-17H2,1-3H3,(H,29,31)/t22-,26?,27+/m1/s1. The average Bonchev–Trinajstić information content (AvgIpc) is 3.05. The van der Waals surface area contributed by atoms with Gasteiger partial charge in [-0.05, 0) is 85.4 Å². The van der Waals surface area contributed by atoms with Crippen molar-refractivity contribution >= 4 is 11.6 Å². The SMILES string of the molecule is CC(=O)NC(C[C@H]1CCC2=CC(Nc3ccc(F)cc3)=C(C)C[C@@]21C)c1ccccc1. The van der Waals surface area contributed by atoms with Gasteiger partial charge in [-0.15, -0.1) is 0 Å². The van der Waals surface area contributed by atoms with Crippen LogP contribution in [-0.4, -0.2) is 5.91 Å². The van der Waals surface area contributed by atoms with Crippen LogP contribution >= 0.6 is 0 Å². The first kappa shape index (κ1) is 21.4. The van der Waals surface area contributed by atoms with Crippen molar-refractivity contribution in [3.63, 3.8) is 0 Å². The van der Waals surface area contributed by atoms with Gasteiger partial charge >= 0.3 is 0 Å². The van der Waals surface area contributed by atoms with Gasteiger partial charge in [0, 0.05) is 18.3 Å². The van der Waals surface area contributed by atoms with Gasteiger partial charge in [0.1, 0.15) is 5.82 Å². The van der Waals surface area contributed by atoms with Crippen LogP contribution in [0.15, 0.2) is 77.5 Å². The maximum atomic E-state index is 13.2. The summed E-state index contributed by atoms with van der Waals surface area (Å²) in [7, 11) is 0. The molecule has 0 aliphatic heterocycles. The molecule has 1 fully saturated rings. The molecule has 3 atom stereocenters. The van der Waals surface area contributed by atoms with Gasteiger partial charge in [-0.1, -0.05) is 42.8 Å². The molecular weight excluding hydrogens is 387 g/mol. The van der Waals surface area contributed by atoms with Gasteiger partial charge < -0.3 is 10.6 Å². The van der Waals surface area contributed by atoms with Gasteiger partial charge in [-0.2, -0.15) is 0 Å². The van der Waals surface area contributed by atoms with Gasteiger partial charge in [0.25, 0.3) is 0 Å². The highest BCUT2D eigenvalue weighted by atomic mass is 19.1. The number of allylic oxidation sites excluding steroid dienone is 3. The van der Waals surface area contributed by atoms with Crippen molar-refractivity contribution in [3.8, 4) is 0 Å². The Kier molecular flexibility index (Phi) is 5.99. The summed E-state index contributed by atoms with van der Waals surface area (Å²) in [5, 5.41) is 6.65. The van der Waals surface area contributed by atoms with Gasteiger partial charge in [0.15, 0.2) is 0 Å². The zero-order valence-corrected chi connectivity index (χ0v) is 18.5. The Morgan fingerprint density at radius 1 is 1.16 bits per heavy atom.